The maximum atomic E-state index is 14.4. The minimum absolute atomic E-state index is 0.0764. The van der Waals surface area contributed by atoms with Gasteiger partial charge in [-0.3, -0.25) is 14.5 Å². The number of halogens is 3. The molecule has 0 saturated carbocycles. The summed E-state index contributed by atoms with van der Waals surface area (Å²) in [5, 5.41) is 9.26. The highest BCUT2D eigenvalue weighted by Crippen LogP contribution is 2.37. The number of ether oxygens (including phenoxy) is 1. The highest BCUT2D eigenvalue weighted by Gasteiger charge is 2.43. The largest absolute Gasteiger partial charge is 0.460 e. The van der Waals surface area contributed by atoms with Crippen LogP contribution in [-0.4, -0.2) is 25.6 Å². The molecule has 0 amide bonds. The highest BCUT2D eigenvalue weighted by molar-refractivity contribution is 7.71. The van der Waals surface area contributed by atoms with E-state index in [0.29, 0.717) is 10.6 Å². The fourth-order valence-corrected chi connectivity index (χ4v) is 2.43. The number of alkyl halides is 2. The van der Waals surface area contributed by atoms with Gasteiger partial charge in [-0.2, -0.15) is 8.78 Å². The van der Waals surface area contributed by atoms with Crippen LogP contribution >= 0.6 is 12.2 Å². The Morgan fingerprint density at radius 3 is 2.32 bits per heavy atom. The van der Waals surface area contributed by atoms with Crippen LogP contribution < -0.4 is 21.4 Å². The lowest BCUT2D eigenvalue weighted by atomic mass is 10.2. The fraction of sp³-hybridized carbons (Fsp3) is 0.231. The van der Waals surface area contributed by atoms with Crippen molar-refractivity contribution in [3.05, 3.63) is 43.7 Å². The molecule has 0 bridgehead atoms. The number of nitrogens with one attached hydrogen (secondary N) is 2. The second-order valence-corrected chi connectivity index (χ2v) is 5.58. The molecule has 0 atom stereocenters. The first-order valence-electron chi connectivity index (χ1n) is 6.70. The van der Waals surface area contributed by atoms with Crippen molar-refractivity contribution in [2.75, 3.05) is 5.32 Å². The molecular formula is C13H10F3N5O3S. The van der Waals surface area contributed by atoms with E-state index in [9.17, 15) is 22.8 Å². The quantitative estimate of drug-likeness (QED) is 0.731. The van der Waals surface area contributed by atoms with Gasteiger partial charge in [0.2, 0.25) is 5.84 Å². The normalized spacial score (nSPS) is 15.3. The lowest BCUT2D eigenvalue weighted by Gasteiger charge is -2.27. The molecule has 25 heavy (non-hydrogen) atoms. The van der Waals surface area contributed by atoms with E-state index in [-0.39, 0.29) is 10.5 Å². The third-order valence-electron chi connectivity index (χ3n) is 3.61. The number of amidine groups is 1. The molecule has 0 spiro atoms. The Morgan fingerprint density at radius 2 is 1.76 bits per heavy atom. The van der Waals surface area contributed by atoms with Crippen molar-refractivity contribution in [1.29, 1.82) is 5.41 Å². The number of anilines is 1. The first kappa shape index (κ1) is 17.0. The monoisotopic (exact) mass is 373 g/mol. The van der Waals surface area contributed by atoms with Crippen molar-refractivity contribution in [2.45, 2.75) is 6.11 Å². The van der Waals surface area contributed by atoms with Crippen molar-refractivity contribution >= 4 is 23.7 Å². The smallest absolute Gasteiger partial charge is 0.424 e. The van der Waals surface area contributed by atoms with Gasteiger partial charge < -0.3 is 10.1 Å². The second-order valence-electron chi connectivity index (χ2n) is 5.22. The lowest BCUT2D eigenvalue weighted by molar-refractivity contribution is -0.114. The Kier molecular flexibility index (Phi) is 3.60. The van der Waals surface area contributed by atoms with Crippen LogP contribution in [0.2, 0.25) is 0 Å². The van der Waals surface area contributed by atoms with Crippen molar-refractivity contribution in [3.8, 4) is 11.4 Å². The Balaban J connectivity index is 2.31. The summed E-state index contributed by atoms with van der Waals surface area (Å²) >= 11 is 4.92. The van der Waals surface area contributed by atoms with Gasteiger partial charge in [-0.1, -0.05) is 0 Å². The first-order chi connectivity index (χ1) is 11.5. The molecule has 0 radical (unpaired) electrons. The number of nitrogens with zero attached hydrogens (tertiary/aromatic N) is 3. The number of hydrogen-bond acceptors (Lipinski definition) is 5. The first-order valence-corrected chi connectivity index (χ1v) is 7.11. The fourth-order valence-electron chi connectivity index (χ4n) is 2.27. The zero-order valence-electron chi connectivity index (χ0n) is 12.8. The van der Waals surface area contributed by atoms with E-state index >= 15 is 0 Å². The van der Waals surface area contributed by atoms with E-state index in [2.05, 4.69) is 10.1 Å². The van der Waals surface area contributed by atoms with Crippen LogP contribution in [0.1, 0.15) is 0 Å². The molecule has 2 aromatic rings. The van der Waals surface area contributed by atoms with Crippen LogP contribution in [0.4, 0.5) is 18.9 Å². The molecule has 1 aliphatic rings. The number of hydrogen-bond donors (Lipinski definition) is 2. The summed E-state index contributed by atoms with van der Waals surface area (Å²) in [5.41, 5.74) is -2.51. The molecular weight excluding hydrogens is 363 g/mol. The van der Waals surface area contributed by atoms with Gasteiger partial charge in [-0.15, -0.1) is 0 Å². The van der Waals surface area contributed by atoms with Crippen molar-refractivity contribution in [3.63, 3.8) is 0 Å². The maximum absolute atomic E-state index is 14.4. The van der Waals surface area contributed by atoms with Gasteiger partial charge in [0.05, 0.1) is 11.4 Å². The molecule has 12 heteroatoms. The predicted octanol–water partition coefficient (Wildman–Crippen LogP) is 1.12. The topological polar surface area (TPSA) is 94.0 Å². The van der Waals surface area contributed by atoms with E-state index in [1.54, 1.807) is 0 Å². The summed E-state index contributed by atoms with van der Waals surface area (Å²) in [7, 11) is 2.60. The van der Waals surface area contributed by atoms with E-state index in [1.165, 1.54) is 14.1 Å². The maximum Gasteiger partial charge on any atom is 0.460 e. The predicted molar refractivity (Wildman–Crippen MR) is 84.0 cm³/mol. The van der Waals surface area contributed by atoms with Gasteiger partial charge in [-0.05, 0) is 18.3 Å². The minimum Gasteiger partial charge on any atom is -0.424 e. The van der Waals surface area contributed by atoms with Gasteiger partial charge in [-0.25, -0.2) is 18.5 Å². The molecule has 0 aliphatic carbocycles. The summed E-state index contributed by atoms with van der Waals surface area (Å²) in [6.07, 6.45) is -3.94. The van der Waals surface area contributed by atoms with Crippen LogP contribution in [0.25, 0.3) is 5.69 Å². The molecule has 132 valence electrons. The van der Waals surface area contributed by atoms with Crippen LogP contribution in [0, 0.1) is 16.0 Å². The van der Waals surface area contributed by atoms with E-state index in [4.69, 9.17) is 17.6 Å². The summed E-state index contributed by atoms with van der Waals surface area (Å²) in [6.45, 7) is 0. The summed E-state index contributed by atoms with van der Waals surface area (Å²) in [6, 6.07) is 1.53. The zero-order valence-corrected chi connectivity index (χ0v) is 13.6. The van der Waals surface area contributed by atoms with E-state index < -0.39 is 40.6 Å². The average molecular weight is 373 g/mol. The SMILES string of the molecule is Cn1c(=S)n(C)c(=O)n(-c2cc3c(cc2F)OC(F)(F)C(=N)N3)c1=O. The third-order valence-corrected chi connectivity index (χ3v) is 4.16. The molecule has 8 nitrogen and oxygen atoms in total. The number of rotatable bonds is 1. The van der Waals surface area contributed by atoms with Gasteiger partial charge in [0.15, 0.2) is 16.3 Å². The minimum atomic E-state index is -3.94. The number of aromatic nitrogens is 3. The Bertz CT molecular complexity index is 1060. The van der Waals surface area contributed by atoms with Crippen LogP contribution in [0.15, 0.2) is 21.7 Å². The average Bonchev–Trinajstić information content (AvgIpc) is 2.53. The lowest BCUT2D eigenvalue weighted by Crippen LogP contribution is -2.45. The van der Waals surface area contributed by atoms with Crippen LogP contribution in [0.5, 0.6) is 5.75 Å². The molecule has 1 aromatic heterocycles. The number of benzene rings is 1. The van der Waals surface area contributed by atoms with Crippen LogP contribution in [-0.2, 0) is 14.1 Å². The number of fused-ring (bicyclic) bond motifs is 1. The standard InChI is InChI=1S/C13H10F3N5O3S/c1-19-10(22)21(11(23)20(2)12(19)25)7-4-6-8(3-5(7)14)24-13(15,16)9(17)18-6/h3-4H,1-2H3,(H2,17,18). The molecule has 2 heterocycles. The molecule has 1 aromatic carbocycles. The second kappa shape index (κ2) is 5.31. The third kappa shape index (κ3) is 2.45. The summed E-state index contributed by atoms with van der Waals surface area (Å²) in [4.78, 5) is 24.6. The van der Waals surface area contributed by atoms with Gasteiger partial charge in [0.1, 0.15) is 0 Å². The van der Waals surface area contributed by atoms with Crippen molar-refractivity contribution in [1.82, 2.24) is 13.7 Å². The molecule has 0 fully saturated rings. The van der Waals surface area contributed by atoms with Gasteiger partial charge in [0.25, 0.3) is 0 Å². The van der Waals surface area contributed by atoms with Crippen LogP contribution in [0.3, 0.4) is 0 Å². The molecule has 3 rings (SSSR count). The Morgan fingerprint density at radius 1 is 1.20 bits per heavy atom. The van der Waals surface area contributed by atoms with E-state index in [1.807, 2.05) is 0 Å². The Hall–Kier alpha value is -2.89. The summed E-state index contributed by atoms with van der Waals surface area (Å²) in [5.74, 6) is -2.96. The molecule has 1 aliphatic heterocycles. The molecule has 0 saturated heterocycles. The van der Waals surface area contributed by atoms with Gasteiger partial charge >= 0.3 is 17.5 Å². The van der Waals surface area contributed by atoms with Gasteiger partial charge in [0, 0.05) is 20.2 Å². The molecule has 0 unspecified atom stereocenters. The Labute approximate surface area is 142 Å². The van der Waals surface area contributed by atoms with Crippen molar-refractivity contribution in [2.24, 2.45) is 14.1 Å². The van der Waals surface area contributed by atoms with E-state index in [0.717, 1.165) is 15.2 Å². The summed E-state index contributed by atoms with van der Waals surface area (Å²) < 4.78 is 47.7. The zero-order chi connectivity index (χ0) is 18.7. The molecule has 2 N–H and O–H groups in total. The highest BCUT2D eigenvalue weighted by atomic mass is 32.1. The van der Waals surface area contributed by atoms with Crippen molar-refractivity contribution < 1.29 is 17.9 Å².